The van der Waals surface area contributed by atoms with Crippen molar-refractivity contribution in [1.82, 2.24) is 10.2 Å². The molecule has 2 N–H and O–H groups in total. The van der Waals surface area contributed by atoms with E-state index in [0.717, 1.165) is 34.9 Å². The Morgan fingerprint density at radius 3 is 2.59 bits per heavy atom. The number of aromatic amines is 1. The number of hydrogen-bond donors (Lipinski definition) is 2. The van der Waals surface area contributed by atoms with Gasteiger partial charge >= 0.3 is 0 Å². The van der Waals surface area contributed by atoms with Gasteiger partial charge in [0.2, 0.25) is 5.91 Å². The standard InChI is InChI=1S/C17H14FN3O/c18-13-6-3-10(4-7-13)12-5-8-14-15(9-12)20-21-16(14)19-17(22)11-1-2-11/h3-9,11H,1-2H2,(H2,19,20,21,22). The number of carbonyl (C=O) groups is 1. The van der Waals surface area contributed by atoms with Crippen LogP contribution in [-0.4, -0.2) is 16.1 Å². The second-order valence-corrected chi connectivity index (χ2v) is 5.60. The molecule has 0 atom stereocenters. The molecule has 2 aromatic carbocycles. The largest absolute Gasteiger partial charge is 0.308 e. The monoisotopic (exact) mass is 295 g/mol. The molecular formula is C17H14FN3O. The first-order chi connectivity index (χ1) is 10.7. The molecule has 1 aromatic heterocycles. The lowest BCUT2D eigenvalue weighted by atomic mass is 10.0. The first-order valence-electron chi connectivity index (χ1n) is 7.25. The molecule has 0 spiro atoms. The van der Waals surface area contributed by atoms with Crippen molar-refractivity contribution in [3.63, 3.8) is 0 Å². The van der Waals surface area contributed by atoms with Gasteiger partial charge in [-0.15, -0.1) is 0 Å². The number of fused-ring (bicyclic) bond motifs is 1. The van der Waals surface area contributed by atoms with Gasteiger partial charge in [-0.2, -0.15) is 5.10 Å². The third-order valence-corrected chi connectivity index (χ3v) is 3.93. The van der Waals surface area contributed by atoms with E-state index in [0.29, 0.717) is 5.82 Å². The fraction of sp³-hybridized carbons (Fsp3) is 0.176. The number of nitrogens with one attached hydrogen (secondary N) is 2. The maximum Gasteiger partial charge on any atom is 0.228 e. The van der Waals surface area contributed by atoms with E-state index in [1.807, 2.05) is 18.2 Å². The van der Waals surface area contributed by atoms with Crippen molar-refractivity contribution in [2.45, 2.75) is 12.8 Å². The van der Waals surface area contributed by atoms with Crippen LogP contribution in [0.4, 0.5) is 10.2 Å². The van der Waals surface area contributed by atoms with Crippen LogP contribution in [0.1, 0.15) is 12.8 Å². The van der Waals surface area contributed by atoms with Crippen LogP contribution in [0.2, 0.25) is 0 Å². The van der Waals surface area contributed by atoms with Crippen LogP contribution in [0.5, 0.6) is 0 Å². The van der Waals surface area contributed by atoms with E-state index < -0.39 is 0 Å². The molecule has 5 heteroatoms. The summed E-state index contributed by atoms with van der Waals surface area (Å²) in [4.78, 5) is 11.8. The van der Waals surface area contributed by atoms with Gasteiger partial charge < -0.3 is 5.32 Å². The van der Waals surface area contributed by atoms with E-state index in [4.69, 9.17) is 0 Å². The summed E-state index contributed by atoms with van der Waals surface area (Å²) in [5.74, 6) is 0.496. The van der Waals surface area contributed by atoms with Crippen molar-refractivity contribution in [1.29, 1.82) is 0 Å². The van der Waals surface area contributed by atoms with Crippen molar-refractivity contribution in [3.8, 4) is 11.1 Å². The van der Waals surface area contributed by atoms with Gasteiger partial charge in [-0.05, 0) is 48.2 Å². The Kier molecular flexibility index (Phi) is 2.92. The van der Waals surface area contributed by atoms with Crippen molar-refractivity contribution >= 4 is 22.6 Å². The van der Waals surface area contributed by atoms with Crippen LogP contribution >= 0.6 is 0 Å². The maximum absolute atomic E-state index is 13.0. The molecule has 110 valence electrons. The number of nitrogens with zero attached hydrogens (tertiary/aromatic N) is 1. The van der Waals surface area contributed by atoms with Crippen molar-refractivity contribution < 1.29 is 9.18 Å². The minimum Gasteiger partial charge on any atom is -0.308 e. The Balaban J connectivity index is 1.67. The average Bonchev–Trinajstić information content (AvgIpc) is 3.31. The predicted molar refractivity (Wildman–Crippen MR) is 82.8 cm³/mol. The molecule has 0 aliphatic heterocycles. The smallest absolute Gasteiger partial charge is 0.228 e. The minimum absolute atomic E-state index is 0.0380. The van der Waals surface area contributed by atoms with Crippen molar-refractivity contribution in [2.75, 3.05) is 5.32 Å². The zero-order chi connectivity index (χ0) is 15.1. The fourth-order valence-electron chi connectivity index (χ4n) is 2.50. The number of anilines is 1. The summed E-state index contributed by atoms with van der Waals surface area (Å²) in [6, 6.07) is 12.2. The molecule has 0 bridgehead atoms. The lowest BCUT2D eigenvalue weighted by Gasteiger charge is -2.03. The molecule has 3 aromatic rings. The number of amides is 1. The van der Waals surface area contributed by atoms with Crippen LogP contribution < -0.4 is 5.32 Å². The van der Waals surface area contributed by atoms with Crippen LogP contribution in [0.3, 0.4) is 0 Å². The van der Waals surface area contributed by atoms with Crippen LogP contribution in [0.15, 0.2) is 42.5 Å². The summed E-state index contributed by atoms with van der Waals surface area (Å²) < 4.78 is 13.0. The van der Waals surface area contributed by atoms with Gasteiger partial charge in [0.25, 0.3) is 0 Å². The van der Waals surface area contributed by atoms with E-state index in [2.05, 4.69) is 15.5 Å². The predicted octanol–water partition coefficient (Wildman–Crippen LogP) is 3.72. The molecule has 0 radical (unpaired) electrons. The molecule has 1 amide bonds. The van der Waals surface area contributed by atoms with Gasteiger partial charge in [0, 0.05) is 11.3 Å². The zero-order valence-corrected chi connectivity index (χ0v) is 11.8. The molecule has 1 fully saturated rings. The number of halogens is 1. The van der Waals surface area contributed by atoms with E-state index in [1.54, 1.807) is 12.1 Å². The summed E-state index contributed by atoms with van der Waals surface area (Å²) in [5, 5.41) is 10.9. The van der Waals surface area contributed by atoms with Crippen LogP contribution in [0.25, 0.3) is 22.0 Å². The van der Waals surface area contributed by atoms with Gasteiger partial charge in [-0.25, -0.2) is 4.39 Å². The third-order valence-electron chi connectivity index (χ3n) is 3.93. The lowest BCUT2D eigenvalue weighted by molar-refractivity contribution is -0.117. The Bertz CT molecular complexity index is 850. The molecular weight excluding hydrogens is 281 g/mol. The van der Waals surface area contributed by atoms with Gasteiger partial charge in [-0.3, -0.25) is 9.89 Å². The third kappa shape index (κ3) is 2.35. The van der Waals surface area contributed by atoms with Crippen LogP contribution in [0, 0.1) is 11.7 Å². The molecule has 22 heavy (non-hydrogen) atoms. The van der Waals surface area contributed by atoms with Gasteiger partial charge in [0.15, 0.2) is 5.82 Å². The minimum atomic E-state index is -0.253. The Morgan fingerprint density at radius 2 is 1.86 bits per heavy atom. The normalized spacial score (nSPS) is 14.2. The average molecular weight is 295 g/mol. The molecule has 1 saturated carbocycles. The lowest BCUT2D eigenvalue weighted by Crippen LogP contribution is -2.13. The second-order valence-electron chi connectivity index (χ2n) is 5.60. The first kappa shape index (κ1) is 13.0. The molecule has 0 saturated heterocycles. The number of H-pyrrole nitrogens is 1. The van der Waals surface area contributed by atoms with Gasteiger partial charge in [0.05, 0.1) is 5.52 Å². The van der Waals surface area contributed by atoms with E-state index in [9.17, 15) is 9.18 Å². The van der Waals surface area contributed by atoms with Crippen LogP contribution in [-0.2, 0) is 4.79 Å². The molecule has 1 aliphatic rings. The topological polar surface area (TPSA) is 57.8 Å². The number of hydrogen-bond acceptors (Lipinski definition) is 2. The number of rotatable bonds is 3. The van der Waals surface area contributed by atoms with E-state index >= 15 is 0 Å². The quantitative estimate of drug-likeness (QED) is 0.773. The Hall–Kier alpha value is -2.69. The fourth-order valence-corrected chi connectivity index (χ4v) is 2.50. The first-order valence-corrected chi connectivity index (χ1v) is 7.25. The summed E-state index contributed by atoms with van der Waals surface area (Å²) in [7, 11) is 0. The molecule has 0 unspecified atom stereocenters. The summed E-state index contributed by atoms with van der Waals surface area (Å²) >= 11 is 0. The van der Waals surface area contributed by atoms with E-state index in [-0.39, 0.29) is 17.6 Å². The Labute approximate surface area is 126 Å². The summed E-state index contributed by atoms with van der Waals surface area (Å²) in [6.45, 7) is 0. The highest BCUT2D eigenvalue weighted by molar-refractivity contribution is 6.02. The van der Waals surface area contributed by atoms with Crippen molar-refractivity contribution in [2.24, 2.45) is 5.92 Å². The summed E-state index contributed by atoms with van der Waals surface area (Å²) in [6.07, 6.45) is 1.92. The molecule has 1 aliphatic carbocycles. The van der Waals surface area contributed by atoms with Gasteiger partial charge in [0.1, 0.15) is 5.82 Å². The van der Waals surface area contributed by atoms with E-state index in [1.165, 1.54) is 12.1 Å². The Morgan fingerprint density at radius 1 is 1.14 bits per heavy atom. The molecule has 1 heterocycles. The zero-order valence-electron chi connectivity index (χ0n) is 11.8. The maximum atomic E-state index is 13.0. The SMILES string of the molecule is O=C(Nc1n[nH]c2cc(-c3ccc(F)cc3)ccc12)C1CC1. The number of benzene rings is 2. The highest BCUT2D eigenvalue weighted by atomic mass is 19.1. The highest BCUT2D eigenvalue weighted by Gasteiger charge is 2.30. The van der Waals surface area contributed by atoms with Gasteiger partial charge in [-0.1, -0.05) is 18.2 Å². The number of aromatic nitrogens is 2. The summed E-state index contributed by atoms with van der Waals surface area (Å²) in [5.41, 5.74) is 2.74. The van der Waals surface area contributed by atoms with Crippen molar-refractivity contribution in [3.05, 3.63) is 48.3 Å². The molecule has 4 nitrogen and oxygen atoms in total. The highest BCUT2D eigenvalue weighted by Crippen LogP contribution is 2.32. The molecule has 4 rings (SSSR count). The second kappa shape index (κ2) is 4.94. The number of carbonyl (C=O) groups excluding carboxylic acids is 1.